The van der Waals surface area contributed by atoms with Gasteiger partial charge in [0, 0.05) is 11.5 Å². The molecule has 104 valence electrons. The molecule has 2 nitrogen and oxygen atoms in total. The minimum Gasteiger partial charge on any atom is -0.372 e. The molecular weight excluding hydrogens is 331 g/mol. The van der Waals surface area contributed by atoms with Crippen molar-refractivity contribution in [3.63, 3.8) is 0 Å². The van der Waals surface area contributed by atoms with Gasteiger partial charge in [0.15, 0.2) is 0 Å². The van der Waals surface area contributed by atoms with Gasteiger partial charge in [0.25, 0.3) is 0 Å². The van der Waals surface area contributed by atoms with Crippen LogP contribution >= 0.6 is 27.3 Å². The van der Waals surface area contributed by atoms with E-state index >= 15 is 0 Å². The summed E-state index contributed by atoms with van der Waals surface area (Å²) in [5.41, 5.74) is 0. The number of hydrogen-bond acceptors (Lipinski definition) is 3. The monoisotopic (exact) mass is 345 g/mol. The van der Waals surface area contributed by atoms with Crippen molar-refractivity contribution < 1.29 is 17.9 Å². The molecule has 0 unspecified atom stereocenters. The standard InChI is InChI=1S/C11H15BrF3NOS/c12-10-3-2-9(18-10)4-6-16-5-1-7-17-8-11(13,14)15/h2-3,16H,1,4-8H2. The number of halogens is 4. The van der Waals surface area contributed by atoms with Crippen molar-refractivity contribution in [3.8, 4) is 0 Å². The van der Waals surface area contributed by atoms with Crippen LogP contribution in [-0.4, -0.2) is 32.5 Å². The SMILES string of the molecule is FC(F)(F)COCCCNCCc1ccc(Br)s1. The summed E-state index contributed by atoms with van der Waals surface area (Å²) < 4.78 is 40.8. The van der Waals surface area contributed by atoms with Crippen molar-refractivity contribution >= 4 is 27.3 Å². The van der Waals surface area contributed by atoms with E-state index in [-0.39, 0.29) is 6.61 Å². The maximum atomic E-state index is 11.7. The zero-order valence-corrected chi connectivity index (χ0v) is 12.1. The maximum Gasteiger partial charge on any atom is 0.411 e. The van der Waals surface area contributed by atoms with Crippen LogP contribution in [0.1, 0.15) is 11.3 Å². The van der Waals surface area contributed by atoms with E-state index in [1.165, 1.54) is 4.88 Å². The lowest BCUT2D eigenvalue weighted by Gasteiger charge is -2.07. The van der Waals surface area contributed by atoms with Crippen LogP contribution in [0.2, 0.25) is 0 Å². The highest BCUT2D eigenvalue weighted by Gasteiger charge is 2.27. The Hall–Kier alpha value is -0.110. The first kappa shape index (κ1) is 15.9. The first-order valence-corrected chi connectivity index (χ1v) is 7.18. The maximum absolute atomic E-state index is 11.7. The zero-order valence-electron chi connectivity index (χ0n) is 9.73. The van der Waals surface area contributed by atoms with Crippen molar-refractivity contribution in [2.45, 2.75) is 19.0 Å². The Morgan fingerprint density at radius 1 is 1.28 bits per heavy atom. The molecule has 1 aromatic rings. The lowest BCUT2D eigenvalue weighted by Crippen LogP contribution is -2.21. The summed E-state index contributed by atoms with van der Waals surface area (Å²) in [4.78, 5) is 1.28. The van der Waals surface area contributed by atoms with Gasteiger partial charge in [0.05, 0.1) is 3.79 Å². The molecule has 0 spiro atoms. The Kier molecular flexibility index (Phi) is 7.21. The smallest absolute Gasteiger partial charge is 0.372 e. The van der Waals surface area contributed by atoms with Gasteiger partial charge in [-0.3, -0.25) is 0 Å². The number of hydrogen-bond donors (Lipinski definition) is 1. The van der Waals surface area contributed by atoms with Crippen LogP contribution in [-0.2, 0) is 11.2 Å². The van der Waals surface area contributed by atoms with Gasteiger partial charge in [0.1, 0.15) is 6.61 Å². The van der Waals surface area contributed by atoms with Gasteiger partial charge in [-0.2, -0.15) is 13.2 Å². The van der Waals surface area contributed by atoms with E-state index in [0.29, 0.717) is 13.0 Å². The lowest BCUT2D eigenvalue weighted by atomic mass is 10.3. The third kappa shape index (κ3) is 8.07. The molecule has 0 fully saturated rings. The highest BCUT2D eigenvalue weighted by molar-refractivity contribution is 9.11. The first-order chi connectivity index (χ1) is 8.47. The Morgan fingerprint density at radius 2 is 2.06 bits per heavy atom. The molecule has 0 saturated heterocycles. The number of ether oxygens (including phenoxy) is 1. The molecule has 0 radical (unpaired) electrons. The highest BCUT2D eigenvalue weighted by Crippen LogP contribution is 2.22. The Bertz CT molecular complexity index is 343. The average Bonchev–Trinajstić information content (AvgIpc) is 2.67. The van der Waals surface area contributed by atoms with Gasteiger partial charge in [-0.05, 0) is 54.0 Å². The van der Waals surface area contributed by atoms with E-state index in [0.717, 1.165) is 16.8 Å². The largest absolute Gasteiger partial charge is 0.411 e. The summed E-state index contributed by atoms with van der Waals surface area (Å²) in [5.74, 6) is 0. The molecule has 1 N–H and O–H groups in total. The highest BCUT2D eigenvalue weighted by atomic mass is 79.9. The van der Waals surface area contributed by atoms with Crippen LogP contribution in [0.25, 0.3) is 0 Å². The molecule has 0 saturated carbocycles. The molecule has 7 heteroatoms. The third-order valence-corrected chi connectivity index (χ3v) is 3.77. The zero-order chi connectivity index (χ0) is 13.4. The van der Waals surface area contributed by atoms with Crippen LogP contribution in [0.5, 0.6) is 0 Å². The molecule has 0 bridgehead atoms. The second kappa shape index (κ2) is 8.14. The minimum atomic E-state index is -4.22. The fourth-order valence-corrected chi connectivity index (χ4v) is 2.79. The van der Waals surface area contributed by atoms with Gasteiger partial charge >= 0.3 is 6.18 Å². The van der Waals surface area contributed by atoms with Gasteiger partial charge in [-0.15, -0.1) is 11.3 Å². The van der Waals surface area contributed by atoms with E-state index < -0.39 is 12.8 Å². The molecule has 1 rings (SSSR count). The van der Waals surface area contributed by atoms with Crippen LogP contribution in [0, 0.1) is 0 Å². The van der Waals surface area contributed by atoms with Crippen molar-refractivity contribution in [3.05, 3.63) is 20.8 Å². The van der Waals surface area contributed by atoms with Gasteiger partial charge in [-0.1, -0.05) is 0 Å². The molecule has 0 aliphatic rings. The number of thiophene rings is 1. The average molecular weight is 346 g/mol. The summed E-state index contributed by atoms with van der Waals surface area (Å²) >= 11 is 5.08. The quantitative estimate of drug-likeness (QED) is 0.726. The summed E-state index contributed by atoms with van der Waals surface area (Å²) in [6.07, 6.45) is -2.70. The molecule has 0 amide bonds. The Morgan fingerprint density at radius 3 is 2.67 bits per heavy atom. The van der Waals surface area contributed by atoms with Crippen molar-refractivity contribution in [2.24, 2.45) is 0 Å². The van der Waals surface area contributed by atoms with E-state index in [4.69, 9.17) is 0 Å². The van der Waals surface area contributed by atoms with E-state index in [2.05, 4.69) is 32.0 Å². The fourth-order valence-electron chi connectivity index (χ4n) is 1.31. The van der Waals surface area contributed by atoms with Crippen LogP contribution < -0.4 is 5.32 Å². The van der Waals surface area contributed by atoms with Gasteiger partial charge in [-0.25, -0.2) is 0 Å². The van der Waals surface area contributed by atoms with Crippen molar-refractivity contribution in [2.75, 3.05) is 26.3 Å². The van der Waals surface area contributed by atoms with Crippen molar-refractivity contribution in [1.82, 2.24) is 5.32 Å². The number of nitrogens with one attached hydrogen (secondary N) is 1. The molecule has 18 heavy (non-hydrogen) atoms. The number of alkyl halides is 3. The lowest BCUT2D eigenvalue weighted by molar-refractivity contribution is -0.173. The predicted molar refractivity (Wildman–Crippen MR) is 70.1 cm³/mol. The molecule has 0 aromatic carbocycles. The van der Waals surface area contributed by atoms with E-state index in [1.54, 1.807) is 11.3 Å². The van der Waals surface area contributed by atoms with E-state index in [9.17, 15) is 13.2 Å². The molecular formula is C11H15BrF3NOS. The number of rotatable bonds is 8. The molecule has 0 aliphatic heterocycles. The Labute approximate surface area is 117 Å². The van der Waals surface area contributed by atoms with Crippen molar-refractivity contribution in [1.29, 1.82) is 0 Å². The molecule has 1 heterocycles. The Balaban J connectivity index is 1.90. The molecule has 0 atom stereocenters. The minimum absolute atomic E-state index is 0.136. The third-order valence-electron chi connectivity index (χ3n) is 2.08. The molecule has 1 aromatic heterocycles. The summed E-state index contributed by atoms with van der Waals surface area (Å²) in [6.45, 7) is 0.476. The fraction of sp³-hybridized carbons (Fsp3) is 0.636. The predicted octanol–water partition coefficient (Wildman–Crippen LogP) is 3.61. The van der Waals surface area contributed by atoms with E-state index in [1.807, 2.05) is 6.07 Å². The normalized spacial score (nSPS) is 12.0. The first-order valence-electron chi connectivity index (χ1n) is 5.57. The van der Waals surface area contributed by atoms with Crippen LogP contribution in [0.4, 0.5) is 13.2 Å². The summed E-state index contributed by atoms with van der Waals surface area (Å²) in [7, 11) is 0. The summed E-state index contributed by atoms with van der Waals surface area (Å²) in [5, 5.41) is 3.17. The second-order valence-corrected chi connectivity index (χ2v) is 6.27. The van der Waals surface area contributed by atoms with Crippen LogP contribution in [0.3, 0.4) is 0 Å². The van der Waals surface area contributed by atoms with Gasteiger partial charge < -0.3 is 10.1 Å². The summed E-state index contributed by atoms with van der Waals surface area (Å²) in [6, 6.07) is 4.06. The van der Waals surface area contributed by atoms with Gasteiger partial charge in [0.2, 0.25) is 0 Å². The molecule has 0 aliphatic carbocycles. The van der Waals surface area contributed by atoms with Crippen LogP contribution in [0.15, 0.2) is 15.9 Å². The second-order valence-electron chi connectivity index (χ2n) is 3.73. The topological polar surface area (TPSA) is 21.3 Å².